The summed E-state index contributed by atoms with van der Waals surface area (Å²) in [6.07, 6.45) is 7.62. The highest BCUT2D eigenvalue weighted by atomic mass is 16.3. The molecule has 1 fully saturated rings. The number of anilines is 1. The van der Waals surface area contributed by atoms with Gasteiger partial charge in [-0.25, -0.2) is 4.98 Å². The molecular weight excluding hydrogens is 346 g/mol. The molecule has 0 saturated carbocycles. The molecular formula is C19H27N5O3. The highest BCUT2D eigenvalue weighted by molar-refractivity contribution is 5.94. The molecule has 1 atom stereocenters. The van der Waals surface area contributed by atoms with Crippen molar-refractivity contribution >= 4 is 11.7 Å². The van der Waals surface area contributed by atoms with E-state index in [2.05, 4.69) is 15.4 Å². The first-order chi connectivity index (χ1) is 13.2. The predicted molar refractivity (Wildman–Crippen MR) is 101 cm³/mol. The molecule has 3 rings (SSSR count). The third kappa shape index (κ3) is 5.51. The van der Waals surface area contributed by atoms with Crippen LogP contribution in [0.25, 0.3) is 0 Å². The van der Waals surface area contributed by atoms with Gasteiger partial charge in [-0.05, 0) is 43.4 Å². The van der Waals surface area contributed by atoms with Gasteiger partial charge in [0.1, 0.15) is 5.82 Å². The van der Waals surface area contributed by atoms with Crippen LogP contribution in [0, 0.1) is 5.92 Å². The van der Waals surface area contributed by atoms with Crippen molar-refractivity contribution < 1.29 is 15.0 Å². The molecule has 1 saturated heterocycles. The van der Waals surface area contributed by atoms with Crippen LogP contribution in [0.15, 0.2) is 36.8 Å². The maximum Gasteiger partial charge on any atom is 0.255 e. The molecule has 0 aliphatic carbocycles. The molecule has 3 heterocycles. The van der Waals surface area contributed by atoms with Crippen molar-refractivity contribution in [1.29, 1.82) is 0 Å². The number of piperidine rings is 1. The Morgan fingerprint density at radius 2 is 2.15 bits per heavy atom. The van der Waals surface area contributed by atoms with Crippen LogP contribution in [0.4, 0.5) is 5.82 Å². The number of aliphatic hydroxyl groups is 2. The average Bonchev–Trinajstić information content (AvgIpc) is 3.24. The Bertz CT molecular complexity index is 697. The maximum absolute atomic E-state index is 12.7. The number of likely N-dealkylation sites (tertiary alicyclic amines) is 1. The number of aliphatic hydroxyl groups excluding tert-OH is 2. The molecule has 1 aliphatic rings. The summed E-state index contributed by atoms with van der Waals surface area (Å²) in [7, 11) is 0. The second-order valence-electron chi connectivity index (χ2n) is 6.94. The molecule has 2 aromatic rings. The molecule has 3 N–H and O–H groups in total. The summed E-state index contributed by atoms with van der Waals surface area (Å²) >= 11 is 0. The van der Waals surface area contributed by atoms with Crippen molar-refractivity contribution in [2.24, 2.45) is 5.92 Å². The number of hydrogen-bond acceptors (Lipinski definition) is 6. The van der Waals surface area contributed by atoms with Crippen LogP contribution < -0.4 is 5.32 Å². The van der Waals surface area contributed by atoms with Crippen molar-refractivity contribution in [1.82, 2.24) is 19.7 Å². The lowest BCUT2D eigenvalue weighted by Gasteiger charge is -2.32. The molecule has 27 heavy (non-hydrogen) atoms. The monoisotopic (exact) mass is 373 g/mol. The molecule has 0 spiro atoms. The number of aromatic nitrogens is 3. The first kappa shape index (κ1) is 19.3. The van der Waals surface area contributed by atoms with Crippen molar-refractivity contribution in [3.8, 4) is 0 Å². The van der Waals surface area contributed by atoms with Gasteiger partial charge in [-0.2, -0.15) is 5.10 Å². The Morgan fingerprint density at radius 3 is 2.78 bits per heavy atom. The summed E-state index contributed by atoms with van der Waals surface area (Å²) in [5.74, 6) is 1.20. The topological polar surface area (TPSA) is 104 Å². The van der Waals surface area contributed by atoms with Gasteiger partial charge in [-0.1, -0.05) is 0 Å². The molecule has 0 aromatic carbocycles. The molecule has 8 heteroatoms. The van der Waals surface area contributed by atoms with Gasteiger partial charge in [-0.3, -0.25) is 9.48 Å². The Labute approximate surface area is 158 Å². The predicted octanol–water partition coefficient (Wildman–Crippen LogP) is 0.986. The minimum Gasteiger partial charge on any atom is -0.394 e. The van der Waals surface area contributed by atoms with E-state index in [4.69, 9.17) is 5.11 Å². The molecule has 1 aliphatic heterocycles. The van der Waals surface area contributed by atoms with Gasteiger partial charge in [0, 0.05) is 44.8 Å². The van der Waals surface area contributed by atoms with Crippen LogP contribution in [0.3, 0.4) is 0 Å². The number of aryl methyl sites for hydroxylation is 1. The van der Waals surface area contributed by atoms with Crippen LogP contribution in [0.5, 0.6) is 0 Å². The molecule has 1 amide bonds. The van der Waals surface area contributed by atoms with Gasteiger partial charge in [-0.15, -0.1) is 0 Å². The number of carbonyl (C=O) groups is 1. The minimum absolute atomic E-state index is 0.00923. The summed E-state index contributed by atoms with van der Waals surface area (Å²) in [5, 5.41) is 25.3. The summed E-state index contributed by atoms with van der Waals surface area (Å²) < 4.78 is 1.96. The van der Waals surface area contributed by atoms with Crippen LogP contribution in [0.1, 0.15) is 29.6 Å². The highest BCUT2D eigenvalue weighted by Gasteiger charge is 2.23. The fourth-order valence-electron chi connectivity index (χ4n) is 3.27. The van der Waals surface area contributed by atoms with E-state index in [1.807, 2.05) is 21.8 Å². The fourth-order valence-corrected chi connectivity index (χ4v) is 3.27. The number of nitrogens with one attached hydrogen (secondary N) is 1. The second kappa shape index (κ2) is 9.48. The third-order valence-corrected chi connectivity index (χ3v) is 4.97. The summed E-state index contributed by atoms with van der Waals surface area (Å²) in [4.78, 5) is 18.8. The molecule has 0 bridgehead atoms. The van der Waals surface area contributed by atoms with Gasteiger partial charge in [0.15, 0.2) is 0 Å². The van der Waals surface area contributed by atoms with Crippen LogP contribution in [-0.4, -0.2) is 68.1 Å². The Kier molecular flexibility index (Phi) is 6.78. The zero-order chi connectivity index (χ0) is 19.1. The van der Waals surface area contributed by atoms with Gasteiger partial charge < -0.3 is 20.4 Å². The van der Waals surface area contributed by atoms with E-state index < -0.39 is 6.10 Å². The van der Waals surface area contributed by atoms with Crippen LogP contribution in [0.2, 0.25) is 0 Å². The second-order valence-corrected chi connectivity index (χ2v) is 6.94. The SMILES string of the molecule is O=C(c1ccc(NC[C@@H](O)CO)nc1)N1CCC(CCn2cccn2)CC1. The number of hydrogen-bond donors (Lipinski definition) is 3. The first-order valence-corrected chi connectivity index (χ1v) is 9.41. The summed E-state index contributed by atoms with van der Waals surface area (Å²) in [6.45, 7) is 2.37. The minimum atomic E-state index is -0.831. The van der Waals surface area contributed by atoms with E-state index in [1.54, 1.807) is 24.5 Å². The molecule has 0 unspecified atom stereocenters. The Morgan fingerprint density at radius 1 is 1.33 bits per heavy atom. The third-order valence-electron chi connectivity index (χ3n) is 4.97. The number of amides is 1. The van der Waals surface area contributed by atoms with Gasteiger partial charge >= 0.3 is 0 Å². The van der Waals surface area contributed by atoms with E-state index >= 15 is 0 Å². The quantitative estimate of drug-likeness (QED) is 0.637. The lowest BCUT2D eigenvalue weighted by Crippen LogP contribution is -2.38. The van der Waals surface area contributed by atoms with Crippen molar-refractivity contribution in [2.75, 3.05) is 31.6 Å². The van der Waals surface area contributed by atoms with Gasteiger partial charge in [0.05, 0.1) is 18.3 Å². The van der Waals surface area contributed by atoms with Gasteiger partial charge in [0.2, 0.25) is 0 Å². The normalized spacial score (nSPS) is 16.3. The van der Waals surface area contributed by atoms with Crippen LogP contribution >= 0.6 is 0 Å². The largest absolute Gasteiger partial charge is 0.394 e. The Balaban J connectivity index is 1.44. The van der Waals surface area contributed by atoms with E-state index in [9.17, 15) is 9.90 Å². The van der Waals surface area contributed by atoms with E-state index in [1.165, 1.54) is 0 Å². The lowest BCUT2D eigenvalue weighted by molar-refractivity contribution is 0.0684. The maximum atomic E-state index is 12.7. The Hall–Kier alpha value is -2.45. The van der Waals surface area contributed by atoms with Gasteiger partial charge in [0.25, 0.3) is 5.91 Å². The summed E-state index contributed by atoms with van der Waals surface area (Å²) in [5.41, 5.74) is 0.568. The van der Waals surface area contributed by atoms with Crippen molar-refractivity contribution in [3.05, 3.63) is 42.4 Å². The first-order valence-electron chi connectivity index (χ1n) is 9.41. The number of carbonyl (C=O) groups excluding carboxylic acids is 1. The zero-order valence-corrected chi connectivity index (χ0v) is 15.4. The van der Waals surface area contributed by atoms with E-state index in [0.717, 1.165) is 38.9 Å². The standard InChI is InChI=1S/C19H27N5O3/c25-14-17(26)13-21-18-3-2-16(12-20-18)19(27)23-9-4-15(5-10-23)6-11-24-8-1-7-22-24/h1-3,7-8,12,15,17,25-26H,4-6,9-11,13-14H2,(H,20,21)/t17-/m1/s1. The van der Waals surface area contributed by atoms with Crippen molar-refractivity contribution in [2.45, 2.75) is 31.9 Å². The zero-order valence-electron chi connectivity index (χ0n) is 15.4. The fraction of sp³-hybridized carbons (Fsp3) is 0.526. The number of nitrogens with zero attached hydrogens (tertiary/aromatic N) is 4. The van der Waals surface area contributed by atoms with Crippen LogP contribution in [-0.2, 0) is 6.54 Å². The average molecular weight is 373 g/mol. The molecule has 146 valence electrons. The van der Waals surface area contributed by atoms with E-state index in [-0.39, 0.29) is 19.1 Å². The number of rotatable bonds is 8. The molecule has 0 radical (unpaired) electrons. The smallest absolute Gasteiger partial charge is 0.255 e. The molecule has 8 nitrogen and oxygen atoms in total. The van der Waals surface area contributed by atoms with E-state index in [0.29, 0.717) is 17.3 Å². The number of pyridine rings is 1. The lowest BCUT2D eigenvalue weighted by atomic mass is 9.93. The molecule has 2 aromatic heterocycles. The highest BCUT2D eigenvalue weighted by Crippen LogP contribution is 2.22. The van der Waals surface area contributed by atoms with Crippen molar-refractivity contribution in [3.63, 3.8) is 0 Å². The summed E-state index contributed by atoms with van der Waals surface area (Å²) in [6, 6.07) is 5.39.